The second kappa shape index (κ2) is 10.9. The van der Waals surface area contributed by atoms with Crippen LogP contribution >= 0.6 is 0 Å². The number of hydrogen-bond acceptors (Lipinski definition) is 4. The lowest BCUT2D eigenvalue weighted by atomic mass is 9.98. The molecule has 0 aliphatic carbocycles. The van der Waals surface area contributed by atoms with Gasteiger partial charge in [0.1, 0.15) is 11.6 Å². The van der Waals surface area contributed by atoms with Crippen molar-refractivity contribution in [2.24, 2.45) is 0 Å². The summed E-state index contributed by atoms with van der Waals surface area (Å²) in [6, 6.07) is 20.8. The van der Waals surface area contributed by atoms with Crippen LogP contribution in [0.15, 0.2) is 67.2 Å². The molecule has 0 saturated heterocycles. The van der Waals surface area contributed by atoms with Gasteiger partial charge in [0.25, 0.3) is 0 Å². The first-order valence-corrected chi connectivity index (χ1v) is 12.8. The van der Waals surface area contributed by atoms with Gasteiger partial charge in [-0.3, -0.25) is 0 Å². The Balaban J connectivity index is 1.77. The third kappa shape index (κ3) is 5.38. The van der Waals surface area contributed by atoms with E-state index in [9.17, 15) is 5.11 Å². The minimum Gasteiger partial charge on any atom is -0.508 e. The molecule has 4 heteroatoms. The van der Waals surface area contributed by atoms with Crippen molar-refractivity contribution in [2.75, 3.05) is 18.4 Å². The Labute approximate surface area is 215 Å². The molecule has 0 spiro atoms. The van der Waals surface area contributed by atoms with Gasteiger partial charge in [-0.15, -0.1) is 0 Å². The number of nitrogens with one attached hydrogen (secondary N) is 1. The Hall–Kier alpha value is -3.79. The predicted molar refractivity (Wildman–Crippen MR) is 153 cm³/mol. The molecule has 1 aromatic heterocycles. The van der Waals surface area contributed by atoms with Crippen LogP contribution in [0.1, 0.15) is 48.1 Å². The van der Waals surface area contributed by atoms with E-state index < -0.39 is 0 Å². The number of hydrogen-bond donors (Lipinski definition) is 2. The first-order valence-electron chi connectivity index (χ1n) is 12.8. The molecule has 4 aromatic rings. The molecule has 0 aliphatic rings. The van der Waals surface area contributed by atoms with Crippen LogP contribution in [0.25, 0.3) is 27.7 Å². The van der Waals surface area contributed by atoms with Crippen LogP contribution in [0.4, 0.5) is 5.82 Å². The zero-order valence-corrected chi connectivity index (χ0v) is 22.2. The summed E-state index contributed by atoms with van der Waals surface area (Å²) in [6.07, 6.45) is 1.06. The molecule has 0 amide bonds. The number of fused-ring (bicyclic) bond motifs is 1. The van der Waals surface area contributed by atoms with E-state index in [1.807, 2.05) is 25.1 Å². The fourth-order valence-corrected chi connectivity index (χ4v) is 4.55. The van der Waals surface area contributed by atoms with E-state index in [2.05, 4.69) is 87.0 Å². The molecule has 36 heavy (non-hydrogen) atoms. The number of pyridine rings is 1. The molecule has 0 radical (unpaired) electrons. The van der Waals surface area contributed by atoms with Crippen LogP contribution in [0.5, 0.6) is 5.75 Å². The van der Waals surface area contributed by atoms with E-state index in [4.69, 9.17) is 4.98 Å². The van der Waals surface area contributed by atoms with Gasteiger partial charge in [0, 0.05) is 36.3 Å². The number of phenolic OH excluding ortho intramolecular Hbond substituents is 1. The molecule has 1 heterocycles. The number of rotatable bonds is 9. The van der Waals surface area contributed by atoms with Crippen molar-refractivity contribution in [2.45, 2.75) is 47.6 Å². The van der Waals surface area contributed by atoms with Gasteiger partial charge in [-0.25, -0.2) is 4.98 Å². The number of phenols is 1. The van der Waals surface area contributed by atoms with Crippen molar-refractivity contribution >= 4 is 22.4 Å². The molecule has 0 atom stereocenters. The fraction of sp³-hybridized carbons (Fsp3) is 0.281. The fourth-order valence-electron chi connectivity index (χ4n) is 4.55. The summed E-state index contributed by atoms with van der Waals surface area (Å²) in [7, 11) is 0. The largest absolute Gasteiger partial charge is 0.508 e. The third-order valence-corrected chi connectivity index (χ3v) is 6.96. The van der Waals surface area contributed by atoms with Gasteiger partial charge in [-0.05, 0) is 91.8 Å². The minimum atomic E-state index is 0.307. The van der Waals surface area contributed by atoms with Crippen LogP contribution in [-0.4, -0.2) is 28.1 Å². The summed E-state index contributed by atoms with van der Waals surface area (Å²) in [5, 5.41) is 14.9. The molecule has 186 valence electrons. The highest BCUT2D eigenvalue weighted by atomic mass is 16.3. The van der Waals surface area contributed by atoms with Gasteiger partial charge < -0.3 is 15.3 Å². The van der Waals surface area contributed by atoms with Gasteiger partial charge >= 0.3 is 0 Å². The summed E-state index contributed by atoms with van der Waals surface area (Å²) >= 11 is 0. The van der Waals surface area contributed by atoms with E-state index in [0.29, 0.717) is 12.3 Å². The highest BCUT2D eigenvalue weighted by Gasteiger charge is 2.15. The molecule has 4 rings (SSSR count). The van der Waals surface area contributed by atoms with Crippen LogP contribution in [0, 0.1) is 20.8 Å². The maximum atomic E-state index is 10.3. The SMILES string of the molecule is C=C(c1cc(NCc2ccc(C)c(C)c2)nc2ccc(-c3ccc(C)c(O)c3)cc12)N(CC)CCC. The summed E-state index contributed by atoms with van der Waals surface area (Å²) in [5.74, 6) is 1.14. The Bertz CT molecular complexity index is 1410. The zero-order chi connectivity index (χ0) is 25.8. The molecule has 0 unspecified atom stereocenters. The Morgan fingerprint density at radius 2 is 1.61 bits per heavy atom. The van der Waals surface area contributed by atoms with Gasteiger partial charge in [0.15, 0.2) is 0 Å². The molecule has 0 fully saturated rings. The minimum absolute atomic E-state index is 0.307. The lowest BCUT2D eigenvalue weighted by Crippen LogP contribution is -2.22. The first kappa shape index (κ1) is 25.3. The predicted octanol–water partition coefficient (Wildman–Crippen LogP) is 7.85. The average Bonchev–Trinajstić information content (AvgIpc) is 2.88. The third-order valence-electron chi connectivity index (χ3n) is 6.96. The van der Waals surface area contributed by atoms with E-state index >= 15 is 0 Å². The molecule has 0 saturated carbocycles. The number of benzene rings is 3. The maximum absolute atomic E-state index is 10.3. The number of aromatic nitrogens is 1. The van der Waals surface area contributed by atoms with E-state index in [1.165, 1.54) is 16.7 Å². The zero-order valence-electron chi connectivity index (χ0n) is 22.2. The maximum Gasteiger partial charge on any atom is 0.127 e. The number of nitrogens with zero attached hydrogens (tertiary/aromatic N) is 2. The highest BCUT2D eigenvalue weighted by Crippen LogP contribution is 2.33. The summed E-state index contributed by atoms with van der Waals surface area (Å²) < 4.78 is 0. The van der Waals surface area contributed by atoms with E-state index in [1.54, 1.807) is 0 Å². The van der Waals surface area contributed by atoms with Gasteiger partial charge in [0.2, 0.25) is 0 Å². The van der Waals surface area contributed by atoms with Crippen molar-refractivity contribution < 1.29 is 5.11 Å². The quantitative estimate of drug-likeness (QED) is 0.257. The van der Waals surface area contributed by atoms with E-state index in [0.717, 1.165) is 64.2 Å². The van der Waals surface area contributed by atoms with Crippen LogP contribution in [-0.2, 0) is 6.54 Å². The number of aryl methyl sites for hydroxylation is 3. The van der Waals surface area contributed by atoms with Crippen molar-refractivity contribution in [3.05, 3.63) is 95.1 Å². The Morgan fingerprint density at radius 3 is 2.31 bits per heavy atom. The summed E-state index contributed by atoms with van der Waals surface area (Å²) in [6.45, 7) is 17.6. The molecule has 0 aliphatic heterocycles. The van der Waals surface area contributed by atoms with Crippen LogP contribution < -0.4 is 5.32 Å². The molecule has 4 nitrogen and oxygen atoms in total. The van der Waals surface area contributed by atoms with Crippen LogP contribution in [0.3, 0.4) is 0 Å². The van der Waals surface area contributed by atoms with Crippen molar-refractivity contribution in [3.8, 4) is 16.9 Å². The van der Waals surface area contributed by atoms with Gasteiger partial charge in [0.05, 0.1) is 5.52 Å². The van der Waals surface area contributed by atoms with Crippen molar-refractivity contribution in [3.63, 3.8) is 0 Å². The Kier molecular flexibility index (Phi) is 7.64. The highest BCUT2D eigenvalue weighted by molar-refractivity contribution is 5.95. The second-order valence-corrected chi connectivity index (χ2v) is 9.59. The van der Waals surface area contributed by atoms with E-state index in [-0.39, 0.29) is 0 Å². The topological polar surface area (TPSA) is 48.4 Å². The van der Waals surface area contributed by atoms with Gasteiger partial charge in [-0.1, -0.05) is 49.9 Å². The smallest absolute Gasteiger partial charge is 0.127 e. The summed E-state index contributed by atoms with van der Waals surface area (Å²) in [4.78, 5) is 7.28. The first-order chi connectivity index (χ1) is 17.3. The standard InChI is InChI=1S/C32H37N3O/c1-7-15-35(8-2)24(6)28-19-32(33-20-25-11-9-21(3)23(5)16-25)34-30-14-13-26(17-29(28)30)27-12-10-22(4)31(36)18-27/h9-14,16-19,36H,6-8,15,20H2,1-5H3,(H,33,34). The molecular formula is C32H37N3O. The summed E-state index contributed by atoms with van der Waals surface area (Å²) in [5.41, 5.74) is 9.73. The number of aromatic hydroxyl groups is 1. The molecule has 2 N–H and O–H groups in total. The Morgan fingerprint density at radius 1 is 0.889 bits per heavy atom. The molecule has 0 bridgehead atoms. The van der Waals surface area contributed by atoms with Crippen molar-refractivity contribution in [1.29, 1.82) is 0 Å². The lowest BCUT2D eigenvalue weighted by molar-refractivity contribution is 0.419. The second-order valence-electron chi connectivity index (χ2n) is 9.59. The molecule has 3 aromatic carbocycles. The average molecular weight is 480 g/mol. The van der Waals surface area contributed by atoms with Gasteiger partial charge in [-0.2, -0.15) is 0 Å². The number of anilines is 1. The normalized spacial score (nSPS) is 11.0. The lowest BCUT2D eigenvalue weighted by Gasteiger charge is -2.26. The van der Waals surface area contributed by atoms with Crippen molar-refractivity contribution in [1.82, 2.24) is 9.88 Å². The molecular weight excluding hydrogens is 442 g/mol. The van der Waals surface area contributed by atoms with Crippen LogP contribution in [0.2, 0.25) is 0 Å². The monoisotopic (exact) mass is 479 g/mol.